The summed E-state index contributed by atoms with van der Waals surface area (Å²) in [4.78, 5) is 22.3. The fourth-order valence-corrected chi connectivity index (χ4v) is 1.84. The number of carbonyl (C=O) groups is 2. The molecule has 1 amide bonds. The van der Waals surface area contributed by atoms with Crippen LogP contribution < -0.4 is 5.32 Å². The summed E-state index contributed by atoms with van der Waals surface area (Å²) in [5, 5.41) is 11.4. The lowest BCUT2D eigenvalue weighted by molar-refractivity contribution is -0.133. The van der Waals surface area contributed by atoms with Gasteiger partial charge in [-0.1, -0.05) is 12.1 Å². The molecule has 0 saturated heterocycles. The second kappa shape index (κ2) is 4.37. The first-order chi connectivity index (χ1) is 8.08. The lowest BCUT2D eigenvalue weighted by Crippen LogP contribution is -2.29. The van der Waals surface area contributed by atoms with Gasteiger partial charge in [0.05, 0.1) is 5.57 Å². The van der Waals surface area contributed by atoms with E-state index in [1.54, 1.807) is 6.07 Å². The number of rotatable bonds is 2. The van der Waals surface area contributed by atoms with Gasteiger partial charge in [0.2, 0.25) is 5.91 Å². The van der Waals surface area contributed by atoms with Crippen LogP contribution in [0.4, 0.5) is 4.39 Å². The Hall–Kier alpha value is -2.17. The monoisotopic (exact) mass is 235 g/mol. The minimum absolute atomic E-state index is 0.0155. The number of carboxylic acids is 1. The first-order valence-electron chi connectivity index (χ1n) is 5.06. The van der Waals surface area contributed by atoms with E-state index < -0.39 is 17.7 Å². The van der Waals surface area contributed by atoms with Gasteiger partial charge in [0.25, 0.3) is 0 Å². The molecule has 0 aromatic heterocycles. The molecule has 2 N–H and O–H groups in total. The van der Waals surface area contributed by atoms with Gasteiger partial charge in [-0.05, 0) is 17.7 Å². The molecule has 0 radical (unpaired) electrons. The Morgan fingerprint density at radius 3 is 2.88 bits per heavy atom. The molecule has 0 spiro atoms. The highest BCUT2D eigenvalue weighted by molar-refractivity contribution is 5.93. The van der Waals surface area contributed by atoms with Gasteiger partial charge in [-0.3, -0.25) is 4.79 Å². The maximum Gasteiger partial charge on any atom is 0.333 e. The van der Waals surface area contributed by atoms with Gasteiger partial charge in [0.1, 0.15) is 5.82 Å². The van der Waals surface area contributed by atoms with Crippen molar-refractivity contribution < 1.29 is 19.1 Å². The molecule has 1 aromatic carbocycles. The molecular weight excluding hydrogens is 225 g/mol. The molecule has 4 nitrogen and oxygen atoms in total. The molecule has 0 bridgehead atoms. The van der Waals surface area contributed by atoms with Gasteiger partial charge in [0, 0.05) is 18.5 Å². The number of amides is 1. The molecule has 88 valence electrons. The predicted molar refractivity (Wildman–Crippen MR) is 57.6 cm³/mol. The van der Waals surface area contributed by atoms with E-state index in [2.05, 4.69) is 5.32 Å². The summed E-state index contributed by atoms with van der Waals surface area (Å²) in [6.45, 7) is 0. The van der Waals surface area contributed by atoms with Crippen molar-refractivity contribution >= 4 is 11.9 Å². The summed E-state index contributed by atoms with van der Waals surface area (Å²) < 4.78 is 13.1. The van der Waals surface area contributed by atoms with Crippen LogP contribution >= 0.6 is 0 Å². The first kappa shape index (κ1) is 11.3. The van der Waals surface area contributed by atoms with E-state index in [1.165, 1.54) is 24.4 Å². The molecule has 0 saturated carbocycles. The van der Waals surface area contributed by atoms with Crippen LogP contribution in [0.1, 0.15) is 17.9 Å². The lowest BCUT2D eigenvalue weighted by Gasteiger charge is -2.21. The average molecular weight is 235 g/mol. The van der Waals surface area contributed by atoms with Gasteiger partial charge in [-0.15, -0.1) is 0 Å². The maximum absolute atomic E-state index is 13.1. The third-order valence-corrected chi connectivity index (χ3v) is 2.65. The molecule has 1 aliphatic rings. The maximum atomic E-state index is 13.1. The third-order valence-electron chi connectivity index (χ3n) is 2.65. The van der Waals surface area contributed by atoms with Crippen molar-refractivity contribution in [3.8, 4) is 0 Å². The molecule has 1 atom stereocenters. The molecular formula is C12H10FNO3. The molecule has 1 aromatic rings. The Morgan fingerprint density at radius 2 is 2.24 bits per heavy atom. The SMILES string of the molecule is O=C1C[C@@H](c2cccc(F)c2)C(C(=O)O)=CN1. The highest BCUT2D eigenvalue weighted by Crippen LogP contribution is 2.30. The summed E-state index contributed by atoms with van der Waals surface area (Å²) in [6, 6.07) is 5.64. The molecule has 5 heteroatoms. The Morgan fingerprint density at radius 1 is 1.47 bits per heavy atom. The number of carbonyl (C=O) groups excluding carboxylic acids is 1. The number of carboxylic acid groups (broad SMARTS) is 1. The van der Waals surface area contributed by atoms with Crippen molar-refractivity contribution in [2.75, 3.05) is 0 Å². The van der Waals surface area contributed by atoms with E-state index in [0.717, 1.165) is 0 Å². The van der Waals surface area contributed by atoms with Crippen molar-refractivity contribution in [2.45, 2.75) is 12.3 Å². The smallest absolute Gasteiger partial charge is 0.333 e. The van der Waals surface area contributed by atoms with Gasteiger partial charge >= 0.3 is 5.97 Å². The van der Waals surface area contributed by atoms with Gasteiger partial charge < -0.3 is 10.4 Å². The Labute approximate surface area is 96.8 Å². The molecule has 2 rings (SSSR count). The molecule has 0 fully saturated rings. The van der Waals surface area contributed by atoms with E-state index in [0.29, 0.717) is 5.56 Å². The summed E-state index contributed by atoms with van der Waals surface area (Å²) >= 11 is 0. The average Bonchev–Trinajstić information content (AvgIpc) is 2.28. The quantitative estimate of drug-likeness (QED) is 0.814. The number of benzene rings is 1. The van der Waals surface area contributed by atoms with E-state index in [-0.39, 0.29) is 17.9 Å². The fourth-order valence-electron chi connectivity index (χ4n) is 1.84. The fraction of sp³-hybridized carbons (Fsp3) is 0.167. The van der Waals surface area contributed by atoms with Gasteiger partial charge in [-0.2, -0.15) is 0 Å². The van der Waals surface area contributed by atoms with Crippen molar-refractivity contribution in [3.63, 3.8) is 0 Å². The number of nitrogens with one attached hydrogen (secondary N) is 1. The van der Waals surface area contributed by atoms with E-state index in [9.17, 15) is 14.0 Å². The van der Waals surface area contributed by atoms with Gasteiger partial charge in [0.15, 0.2) is 0 Å². The first-order valence-corrected chi connectivity index (χ1v) is 5.06. The van der Waals surface area contributed by atoms with Crippen LogP contribution in [0.15, 0.2) is 36.0 Å². The number of hydrogen-bond donors (Lipinski definition) is 2. The summed E-state index contributed by atoms with van der Waals surface area (Å²) in [5.74, 6) is -2.43. The van der Waals surface area contributed by atoms with Crippen LogP contribution in [0.2, 0.25) is 0 Å². The van der Waals surface area contributed by atoms with Crippen LogP contribution in [0.3, 0.4) is 0 Å². The standard InChI is InChI=1S/C12H10FNO3/c13-8-3-1-2-7(4-8)9-5-11(15)14-6-10(9)12(16)17/h1-4,6,9H,5H2,(H,14,15)(H,16,17)/t9-/m0/s1. The summed E-state index contributed by atoms with van der Waals surface area (Å²) in [5.41, 5.74) is 0.559. The number of aliphatic carboxylic acids is 1. The predicted octanol–water partition coefficient (Wildman–Crippen LogP) is 1.40. The van der Waals surface area contributed by atoms with E-state index in [1.807, 2.05) is 0 Å². The molecule has 1 heterocycles. The van der Waals surface area contributed by atoms with Crippen LogP contribution in [0.5, 0.6) is 0 Å². The molecule has 0 aliphatic carbocycles. The van der Waals surface area contributed by atoms with Crippen LogP contribution in [0.25, 0.3) is 0 Å². The Balaban J connectivity index is 2.41. The summed E-state index contributed by atoms with van der Waals surface area (Å²) in [7, 11) is 0. The van der Waals surface area contributed by atoms with Crippen LogP contribution in [0, 0.1) is 5.82 Å². The lowest BCUT2D eigenvalue weighted by atomic mass is 9.86. The van der Waals surface area contributed by atoms with Crippen molar-refractivity contribution in [1.29, 1.82) is 0 Å². The number of hydrogen-bond acceptors (Lipinski definition) is 2. The summed E-state index contributed by atoms with van der Waals surface area (Å²) in [6.07, 6.45) is 1.19. The zero-order valence-electron chi connectivity index (χ0n) is 8.81. The largest absolute Gasteiger partial charge is 0.478 e. The second-order valence-corrected chi connectivity index (χ2v) is 3.78. The minimum atomic E-state index is -1.11. The van der Waals surface area contributed by atoms with Crippen LogP contribution in [-0.2, 0) is 9.59 Å². The normalized spacial score (nSPS) is 19.5. The highest BCUT2D eigenvalue weighted by atomic mass is 19.1. The number of halogens is 1. The highest BCUT2D eigenvalue weighted by Gasteiger charge is 2.28. The van der Waals surface area contributed by atoms with Crippen molar-refractivity contribution in [3.05, 3.63) is 47.4 Å². The molecule has 0 unspecified atom stereocenters. The Bertz CT molecular complexity index is 510. The van der Waals surface area contributed by atoms with Crippen LogP contribution in [-0.4, -0.2) is 17.0 Å². The second-order valence-electron chi connectivity index (χ2n) is 3.78. The Kier molecular flexibility index (Phi) is 2.91. The topological polar surface area (TPSA) is 66.4 Å². The molecule has 17 heavy (non-hydrogen) atoms. The zero-order valence-corrected chi connectivity index (χ0v) is 8.81. The van der Waals surface area contributed by atoms with Crippen molar-refractivity contribution in [2.24, 2.45) is 0 Å². The van der Waals surface area contributed by atoms with Crippen molar-refractivity contribution in [1.82, 2.24) is 5.32 Å². The zero-order chi connectivity index (χ0) is 12.4. The van der Waals surface area contributed by atoms with E-state index in [4.69, 9.17) is 5.11 Å². The minimum Gasteiger partial charge on any atom is -0.478 e. The third kappa shape index (κ3) is 2.33. The van der Waals surface area contributed by atoms with E-state index >= 15 is 0 Å². The van der Waals surface area contributed by atoms with Gasteiger partial charge in [-0.25, -0.2) is 9.18 Å². The molecule has 1 aliphatic heterocycles.